The van der Waals surface area contributed by atoms with Gasteiger partial charge < -0.3 is 4.55 Å². The number of fused-ring (bicyclic) bond motifs is 1. The molecule has 31 heavy (non-hydrogen) atoms. The van der Waals surface area contributed by atoms with Crippen LogP contribution < -0.4 is 51.4 Å². The Labute approximate surface area is 233 Å². The van der Waals surface area contributed by atoms with Crippen molar-refractivity contribution in [1.82, 2.24) is 0 Å². The fourth-order valence-corrected chi connectivity index (χ4v) is 5.10. The molecule has 0 spiro atoms. The van der Waals surface area contributed by atoms with E-state index in [4.69, 9.17) is 0 Å². The van der Waals surface area contributed by atoms with E-state index in [0.29, 0.717) is 5.39 Å². The van der Waals surface area contributed by atoms with Gasteiger partial charge in [-0.3, -0.25) is 0 Å². The summed E-state index contributed by atoms with van der Waals surface area (Å²) < 4.78 is 35.9. The zero-order chi connectivity index (χ0) is 21.8. The van der Waals surface area contributed by atoms with Crippen molar-refractivity contribution in [2.45, 2.75) is 109 Å². The molecule has 0 aliphatic heterocycles. The average molecular weight is 471 g/mol. The van der Waals surface area contributed by atoms with Gasteiger partial charge in [-0.2, -0.15) is 0 Å². The van der Waals surface area contributed by atoms with Gasteiger partial charge in [0.1, 0.15) is 10.1 Å². The van der Waals surface area contributed by atoms with Crippen molar-refractivity contribution in [2.75, 3.05) is 0 Å². The number of rotatable bonds is 15. The van der Waals surface area contributed by atoms with Gasteiger partial charge in [0.05, 0.1) is 4.90 Å². The Balaban J connectivity index is 0.00000480. The molecular formula is C26H39KO3S. The van der Waals surface area contributed by atoms with Crippen LogP contribution in [-0.4, -0.2) is 13.0 Å². The maximum atomic E-state index is 12.0. The molecule has 0 amide bonds. The molecule has 0 heterocycles. The van der Waals surface area contributed by atoms with Crippen LogP contribution >= 0.6 is 0 Å². The number of unbranched alkanes of at least 4 members (excludes halogenated alkanes) is 10. The molecule has 0 aromatic heterocycles. The predicted molar refractivity (Wildman–Crippen MR) is 126 cm³/mol. The van der Waals surface area contributed by atoms with Gasteiger partial charge in [-0.1, -0.05) is 102 Å². The molecule has 0 saturated carbocycles. The van der Waals surface area contributed by atoms with Gasteiger partial charge in [0.15, 0.2) is 0 Å². The monoisotopic (exact) mass is 470 g/mol. The number of hydrogen-bond donors (Lipinski definition) is 0. The molecule has 168 valence electrons. The third-order valence-electron chi connectivity index (χ3n) is 6.06. The van der Waals surface area contributed by atoms with Crippen molar-refractivity contribution in [3.05, 3.63) is 41.5 Å². The van der Waals surface area contributed by atoms with Crippen molar-refractivity contribution in [2.24, 2.45) is 0 Å². The summed E-state index contributed by atoms with van der Waals surface area (Å²) in [5.74, 6) is 0. The Morgan fingerprint density at radius 2 is 1.26 bits per heavy atom. The first-order valence-corrected chi connectivity index (χ1v) is 13.4. The number of hydrogen-bond acceptors (Lipinski definition) is 3. The van der Waals surface area contributed by atoms with Crippen molar-refractivity contribution in [3.63, 3.8) is 0 Å². The number of benzene rings is 2. The van der Waals surface area contributed by atoms with Crippen LogP contribution in [0.5, 0.6) is 0 Å². The second-order valence-electron chi connectivity index (χ2n) is 8.55. The summed E-state index contributed by atoms with van der Waals surface area (Å²) >= 11 is 0. The van der Waals surface area contributed by atoms with Gasteiger partial charge in [0, 0.05) is 5.39 Å². The molecule has 5 heteroatoms. The van der Waals surface area contributed by atoms with Crippen LogP contribution in [-0.2, 0) is 23.0 Å². The van der Waals surface area contributed by atoms with Crippen molar-refractivity contribution in [1.29, 1.82) is 0 Å². The molecule has 2 aromatic rings. The summed E-state index contributed by atoms with van der Waals surface area (Å²) in [7, 11) is -4.50. The maximum absolute atomic E-state index is 12.0. The van der Waals surface area contributed by atoms with E-state index in [2.05, 4.69) is 19.9 Å². The van der Waals surface area contributed by atoms with E-state index in [1.165, 1.54) is 69.4 Å². The third kappa shape index (κ3) is 9.95. The van der Waals surface area contributed by atoms with Crippen molar-refractivity contribution in [3.8, 4) is 0 Å². The van der Waals surface area contributed by atoms with Gasteiger partial charge in [0.25, 0.3) is 0 Å². The Hall–Kier alpha value is 0.246. The average Bonchev–Trinajstić information content (AvgIpc) is 2.72. The summed E-state index contributed by atoms with van der Waals surface area (Å²) in [5.41, 5.74) is 2.31. The van der Waals surface area contributed by atoms with E-state index in [1.807, 2.05) is 12.1 Å². The molecule has 0 aliphatic rings. The van der Waals surface area contributed by atoms with Gasteiger partial charge in [-0.15, -0.1) is 0 Å². The molecule has 0 bridgehead atoms. The Bertz CT molecular complexity index is 878. The van der Waals surface area contributed by atoms with Gasteiger partial charge in [-0.05, 0) is 48.3 Å². The molecule has 0 aliphatic carbocycles. The van der Waals surface area contributed by atoms with Gasteiger partial charge >= 0.3 is 51.4 Å². The SMILES string of the molecule is CCCCCCCCc1ccc2cccc(S(=O)(=O)[O-])c2c1CCCCCCCC.[K+]. The van der Waals surface area contributed by atoms with Crippen LogP contribution in [0.15, 0.2) is 35.2 Å². The zero-order valence-corrected chi connectivity index (χ0v) is 23.9. The second kappa shape index (κ2) is 16.0. The van der Waals surface area contributed by atoms with Crippen LogP contribution in [0, 0.1) is 0 Å². The molecule has 2 aromatic carbocycles. The minimum absolute atomic E-state index is 0. The molecule has 0 N–H and O–H groups in total. The molecule has 0 saturated heterocycles. The normalized spacial score (nSPS) is 11.6. The summed E-state index contributed by atoms with van der Waals surface area (Å²) in [6.45, 7) is 4.45. The Kier molecular flexibility index (Phi) is 15.1. The van der Waals surface area contributed by atoms with E-state index in [9.17, 15) is 13.0 Å². The maximum Gasteiger partial charge on any atom is 1.00 e. The first-order valence-electron chi connectivity index (χ1n) is 12.0. The van der Waals surface area contributed by atoms with E-state index < -0.39 is 10.1 Å². The fourth-order valence-electron chi connectivity index (χ4n) is 4.37. The summed E-state index contributed by atoms with van der Waals surface area (Å²) in [5, 5.41) is 1.53. The van der Waals surface area contributed by atoms with Crippen LogP contribution in [0.4, 0.5) is 0 Å². The van der Waals surface area contributed by atoms with E-state index in [0.717, 1.165) is 43.1 Å². The van der Waals surface area contributed by atoms with E-state index in [-0.39, 0.29) is 56.3 Å². The third-order valence-corrected chi connectivity index (χ3v) is 6.94. The van der Waals surface area contributed by atoms with Crippen molar-refractivity contribution >= 4 is 20.9 Å². The van der Waals surface area contributed by atoms with E-state index in [1.54, 1.807) is 6.07 Å². The molecule has 2 rings (SSSR count). The quantitative estimate of drug-likeness (QED) is 0.218. The molecule has 0 radical (unpaired) electrons. The topological polar surface area (TPSA) is 57.2 Å². The Morgan fingerprint density at radius 1 is 0.710 bits per heavy atom. The summed E-state index contributed by atoms with van der Waals surface area (Å²) in [6.07, 6.45) is 16.4. The zero-order valence-electron chi connectivity index (χ0n) is 19.9. The van der Waals surface area contributed by atoms with Crippen LogP contribution in [0.2, 0.25) is 0 Å². The van der Waals surface area contributed by atoms with E-state index >= 15 is 0 Å². The molecular weight excluding hydrogens is 431 g/mol. The summed E-state index contributed by atoms with van der Waals surface area (Å²) in [6, 6.07) is 9.21. The standard InChI is InChI=1S/C26H40O3S.K/c1-3-5-7-9-11-13-16-22-20-21-23-17-15-19-25(30(27,28)29)26(23)24(22)18-14-12-10-8-6-4-2;/h15,17,19-21H,3-14,16,18H2,1-2H3,(H,27,28,29);/q;+1/p-1. The molecule has 3 nitrogen and oxygen atoms in total. The predicted octanol–water partition coefficient (Wildman–Crippen LogP) is 4.55. The largest absolute Gasteiger partial charge is 1.00 e. The minimum Gasteiger partial charge on any atom is -0.744 e. The van der Waals surface area contributed by atoms with Crippen molar-refractivity contribution < 1.29 is 64.4 Å². The molecule has 0 fully saturated rings. The minimum atomic E-state index is -4.50. The van der Waals surface area contributed by atoms with Gasteiger partial charge in [-0.25, -0.2) is 8.42 Å². The summed E-state index contributed by atoms with van der Waals surface area (Å²) in [4.78, 5) is -0.0502. The van der Waals surface area contributed by atoms with Crippen LogP contribution in [0.1, 0.15) is 102 Å². The first-order chi connectivity index (χ1) is 14.5. The molecule has 0 unspecified atom stereocenters. The first kappa shape index (κ1) is 29.3. The smallest absolute Gasteiger partial charge is 0.744 e. The van der Waals surface area contributed by atoms with Crippen LogP contribution in [0.25, 0.3) is 10.8 Å². The fraction of sp³-hybridized carbons (Fsp3) is 0.615. The van der Waals surface area contributed by atoms with Gasteiger partial charge in [0.2, 0.25) is 0 Å². The second-order valence-corrected chi connectivity index (χ2v) is 9.90. The number of aryl methyl sites for hydroxylation is 2. The Morgan fingerprint density at radius 3 is 1.84 bits per heavy atom. The molecule has 0 atom stereocenters. The van der Waals surface area contributed by atoms with Crippen LogP contribution in [0.3, 0.4) is 0 Å².